The van der Waals surface area contributed by atoms with Gasteiger partial charge >= 0.3 is 0 Å². The summed E-state index contributed by atoms with van der Waals surface area (Å²) in [6, 6.07) is 15.5. The number of thioether (sulfide) groups is 1. The summed E-state index contributed by atoms with van der Waals surface area (Å²) in [6.45, 7) is 4.22. The molecule has 9 heteroatoms. The molecule has 0 aliphatic carbocycles. The van der Waals surface area contributed by atoms with Crippen LogP contribution in [0, 0.1) is 17.8 Å². The number of hydrogen-bond acceptors (Lipinski definition) is 6. The second-order valence-electron chi connectivity index (χ2n) is 11.2. The van der Waals surface area contributed by atoms with E-state index in [0.717, 1.165) is 12.0 Å². The van der Waals surface area contributed by atoms with Gasteiger partial charge in [-0.3, -0.25) is 14.4 Å². The largest absolute Gasteiger partial charge is 0.497 e. The van der Waals surface area contributed by atoms with Gasteiger partial charge in [0, 0.05) is 17.5 Å². The third kappa shape index (κ3) is 5.02. The molecule has 0 radical (unpaired) electrons. The number of fused-ring (bicyclic) bond motifs is 1. The normalized spacial score (nSPS) is 27.9. The number of hydrogen-bond donors (Lipinski definition) is 3. The standard InChI is InChI=1S/C30H37N3O5S/c1-18(2)15-21(17-34)33-26(28(36)32-20-9-11-22(38-3)12-10-20)30-14-13-23(39-30)24(25(30)29(33)37)27(35)31-16-19-7-5-4-6-8-19/h4-12,18,21,23-26,34H,13-17H2,1-3H3,(H,31,35)(H,32,36)/t21-,23-,24+,25+,26?,30?/m1/s1. The van der Waals surface area contributed by atoms with Crippen LogP contribution in [0.5, 0.6) is 5.75 Å². The molecular weight excluding hydrogens is 514 g/mol. The second-order valence-corrected chi connectivity index (χ2v) is 12.8. The van der Waals surface area contributed by atoms with Crippen LogP contribution < -0.4 is 15.4 Å². The maximum absolute atomic E-state index is 14.2. The first-order valence-electron chi connectivity index (χ1n) is 13.7. The number of nitrogens with one attached hydrogen (secondary N) is 2. The molecule has 3 saturated heterocycles. The Morgan fingerprint density at radius 2 is 1.85 bits per heavy atom. The molecule has 1 spiro atoms. The Labute approximate surface area is 233 Å². The first-order valence-corrected chi connectivity index (χ1v) is 14.5. The maximum atomic E-state index is 14.2. The summed E-state index contributed by atoms with van der Waals surface area (Å²) in [4.78, 5) is 43.4. The van der Waals surface area contributed by atoms with Gasteiger partial charge in [-0.15, -0.1) is 11.8 Å². The Morgan fingerprint density at radius 1 is 1.13 bits per heavy atom. The third-order valence-electron chi connectivity index (χ3n) is 8.30. The highest BCUT2D eigenvalue weighted by Crippen LogP contribution is 2.66. The molecule has 3 aliphatic heterocycles. The van der Waals surface area contributed by atoms with Crippen LogP contribution in [0.1, 0.15) is 38.7 Å². The first kappa shape index (κ1) is 27.5. The van der Waals surface area contributed by atoms with E-state index in [-0.39, 0.29) is 35.5 Å². The van der Waals surface area contributed by atoms with Crippen LogP contribution in [0.25, 0.3) is 0 Å². The van der Waals surface area contributed by atoms with Crippen molar-refractivity contribution in [1.29, 1.82) is 0 Å². The van der Waals surface area contributed by atoms with Crippen molar-refractivity contribution < 1.29 is 24.2 Å². The van der Waals surface area contributed by atoms with Crippen molar-refractivity contribution in [3.8, 4) is 5.75 Å². The minimum absolute atomic E-state index is 0.0224. The van der Waals surface area contributed by atoms with E-state index in [1.165, 1.54) is 0 Å². The van der Waals surface area contributed by atoms with E-state index in [1.54, 1.807) is 48.0 Å². The van der Waals surface area contributed by atoms with Gasteiger partial charge in [-0.1, -0.05) is 44.2 Å². The number of ether oxygens (including phenoxy) is 1. The molecule has 5 rings (SSSR count). The zero-order chi connectivity index (χ0) is 27.7. The summed E-state index contributed by atoms with van der Waals surface area (Å²) < 4.78 is 4.52. The van der Waals surface area contributed by atoms with Gasteiger partial charge in [0.15, 0.2) is 0 Å². The molecule has 3 aliphatic rings. The van der Waals surface area contributed by atoms with Crippen LogP contribution in [0.15, 0.2) is 54.6 Å². The first-order chi connectivity index (χ1) is 18.8. The number of nitrogens with zero attached hydrogens (tertiary/aromatic N) is 1. The van der Waals surface area contributed by atoms with Gasteiger partial charge in [0.1, 0.15) is 11.8 Å². The Balaban J connectivity index is 1.45. The minimum atomic E-state index is -0.782. The number of aliphatic hydroxyl groups is 1. The molecule has 6 atom stereocenters. The number of carbonyl (C=O) groups is 3. The van der Waals surface area contributed by atoms with Gasteiger partial charge in [0.2, 0.25) is 17.7 Å². The molecule has 3 fully saturated rings. The minimum Gasteiger partial charge on any atom is -0.497 e. The number of benzene rings is 2. The molecule has 8 nitrogen and oxygen atoms in total. The fourth-order valence-corrected chi connectivity index (χ4v) is 8.90. The lowest BCUT2D eigenvalue weighted by atomic mass is 9.70. The van der Waals surface area contributed by atoms with E-state index >= 15 is 0 Å². The Kier molecular flexibility index (Phi) is 7.91. The van der Waals surface area contributed by atoms with Gasteiger partial charge in [0.25, 0.3) is 0 Å². The smallest absolute Gasteiger partial charge is 0.248 e. The zero-order valence-corrected chi connectivity index (χ0v) is 23.4. The van der Waals surface area contributed by atoms with E-state index in [1.807, 2.05) is 44.2 Å². The van der Waals surface area contributed by atoms with E-state index < -0.39 is 28.7 Å². The van der Waals surface area contributed by atoms with Crippen molar-refractivity contribution in [2.45, 2.75) is 61.7 Å². The van der Waals surface area contributed by atoms with Crippen molar-refractivity contribution >= 4 is 35.2 Å². The average Bonchev–Trinajstić information content (AvgIpc) is 3.58. The van der Waals surface area contributed by atoms with Crippen LogP contribution in [0.2, 0.25) is 0 Å². The summed E-state index contributed by atoms with van der Waals surface area (Å²) in [5, 5.41) is 16.4. The molecule has 208 valence electrons. The highest BCUT2D eigenvalue weighted by Gasteiger charge is 2.74. The van der Waals surface area contributed by atoms with E-state index in [9.17, 15) is 19.5 Å². The van der Waals surface area contributed by atoms with Crippen LogP contribution in [0.4, 0.5) is 5.69 Å². The molecule has 2 aromatic rings. The number of amides is 3. The number of methoxy groups -OCH3 is 1. The fraction of sp³-hybridized carbons (Fsp3) is 0.500. The van der Waals surface area contributed by atoms with Crippen LogP contribution in [-0.4, -0.2) is 63.5 Å². The average molecular weight is 552 g/mol. The quantitative estimate of drug-likeness (QED) is 0.418. The SMILES string of the molecule is COc1ccc(NC(=O)C2N([C@@H](CO)CC(C)C)C(=O)[C@@H]3[C@@H](C(=O)NCc4ccccc4)[C@H]4CCC23S4)cc1. The van der Waals surface area contributed by atoms with Gasteiger partial charge in [0.05, 0.1) is 36.3 Å². The molecule has 3 heterocycles. The van der Waals surface area contributed by atoms with E-state index in [2.05, 4.69) is 10.6 Å². The van der Waals surface area contributed by atoms with Crippen LogP contribution in [0.3, 0.4) is 0 Å². The van der Waals surface area contributed by atoms with Gasteiger partial charge < -0.3 is 25.4 Å². The number of rotatable bonds is 10. The molecule has 2 aromatic carbocycles. The lowest BCUT2D eigenvalue weighted by Crippen LogP contribution is -2.55. The van der Waals surface area contributed by atoms with Gasteiger partial charge in [-0.25, -0.2) is 0 Å². The van der Waals surface area contributed by atoms with Crippen LogP contribution in [-0.2, 0) is 20.9 Å². The van der Waals surface area contributed by atoms with E-state index in [4.69, 9.17) is 4.74 Å². The number of likely N-dealkylation sites (tertiary alicyclic amines) is 1. The Morgan fingerprint density at radius 3 is 2.49 bits per heavy atom. The van der Waals surface area contributed by atoms with Crippen molar-refractivity contribution in [2.24, 2.45) is 17.8 Å². The molecule has 3 amide bonds. The Bertz CT molecular complexity index is 1210. The molecule has 0 aromatic heterocycles. The highest BCUT2D eigenvalue weighted by atomic mass is 32.2. The third-order valence-corrected chi connectivity index (χ3v) is 10.3. The molecular formula is C30H37N3O5S. The molecule has 2 bridgehead atoms. The fourth-order valence-electron chi connectivity index (χ4n) is 6.69. The van der Waals surface area contributed by atoms with Crippen LogP contribution >= 0.6 is 11.8 Å². The summed E-state index contributed by atoms with van der Waals surface area (Å²) >= 11 is 1.63. The molecule has 2 unspecified atom stereocenters. The van der Waals surface area contributed by atoms with Crippen molar-refractivity contribution in [3.63, 3.8) is 0 Å². The van der Waals surface area contributed by atoms with Crippen molar-refractivity contribution in [3.05, 3.63) is 60.2 Å². The molecule has 39 heavy (non-hydrogen) atoms. The predicted octanol–water partition coefficient (Wildman–Crippen LogP) is 3.45. The maximum Gasteiger partial charge on any atom is 0.248 e. The number of carbonyl (C=O) groups excluding carboxylic acids is 3. The Hall–Kier alpha value is -3.04. The lowest BCUT2D eigenvalue weighted by molar-refractivity contribution is -0.142. The molecule has 0 saturated carbocycles. The zero-order valence-electron chi connectivity index (χ0n) is 22.6. The molecule has 3 N–H and O–H groups in total. The topological polar surface area (TPSA) is 108 Å². The predicted molar refractivity (Wildman–Crippen MR) is 151 cm³/mol. The second kappa shape index (κ2) is 11.2. The monoisotopic (exact) mass is 551 g/mol. The summed E-state index contributed by atoms with van der Waals surface area (Å²) in [6.07, 6.45) is 2.01. The van der Waals surface area contributed by atoms with Crippen molar-refractivity contribution in [2.75, 3.05) is 19.0 Å². The van der Waals surface area contributed by atoms with Crippen molar-refractivity contribution in [1.82, 2.24) is 10.2 Å². The summed E-state index contributed by atoms with van der Waals surface area (Å²) in [5.74, 6) is -0.847. The number of aliphatic hydroxyl groups excluding tert-OH is 1. The van der Waals surface area contributed by atoms with Gasteiger partial charge in [-0.2, -0.15) is 0 Å². The number of anilines is 1. The lowest BCUT2D eigenvalue weighted by Gasteiger charge is -2.37. The summed E-state index contributed by atoms with van der Waals surface area (Å²) in [5.41, 5.74) is 1.59. The van der Waals surface area contributed by atoms with Gasteiger partial charge in [-0.05, 0) is 55.0 Å². The van der Waals surface area contributed by atoms with E-state index in [0.29, 0.717) is 30.8 Å². The highest BCUT2D eigenvalue weighted by molar-refractivity contribution is 8.02. The summed E-state index contributed by atoms with van der Waals surface area (Å²) in [7, 11) is 1.58.